The van der Waals surface area contributed by atoms with Crippen LogP contribution in [0.15, 0.2) is 48.6 Å². The quantitative estimate of drug-likeness (QED) is 0.0169. The highest BCUT2D eigenvalue weighted by Crippen LogP contribution is 2.45. The highest BCUT2D eigenvalue weighted by Gasteiger charge is 2.30. The minimum Gasteiger partial charge on any atom is -0.462 e. The molecule has 0 bridgehead atoms. The Morgan fingerprint density at radius 1 is 0.304 bits per heavy atom. The molecule has 0 rings (SSSR count). The lowest BCUT2D eigenvalue weighted by molar-refractivity contribution is -0.161. The fourth-order valence-corrected chi connectivity index (χ4v) is 11.7. The van der Waals surface area contributed by atoms with Gasteiger partial charge in [-0.2, -0.15) is 0 Å². The van der Waals surface area contributed by atoms with Crippen molar-refractivity contribution in [3.05, 3.63) is 48.6 Å². The summed E-state index contributed by atoms with van der Waals surface area (Å²) >= 11 is 0. The van der Waals surface area contributed by atoms with Crippen molar-refractivity contribution in [3.63, 3.8) is 0 Å². The Kier molecular flexibility index (Phi) is 64.5. The van der Waals surface area contributed by atoms with Crippen LogP contribution in [0, 0.1) is 0 Å². The highest BCUT2D eigenvalue weighted by molar-refractivity contribution is 7.47. The van der Waals surface area contributed by atoms with E-state index in [0.717, 1.165) is 122 Å². The van der Waals surface area contributed by atoms with Crippen molar-refractivity contribution in [1.29, 1.82) is 0 Å². The number of carbonyl (C=O) groups excluding carboxylic acids is 4. The minimum atomic E-state index is -4.97. The lowest BCUT2D eigenvalue weighted by Gasteiger charge is -2.21. The first-order valence-electron chi connectivity index (χ1n) is 36.9. The van der Waals surface area contributed by atoms with Crippen LogP contribution in [0.5, 0.6) is 0 Å². The standard InChI is InChI=1S/C73H134O17P2/c1-5-9-13-17-21-25-29-31-33-35-39-42-46-50-54-58-71(76)84-64-69(90-73(78)60-56-52-48-44-40-36-34-32-30-26-22-18-14-10-6-2)66-88-92(81,82)86-62-67(74)61-85-91(79,80)87-65-68(89-72(77)59-55-51-47-43-38-28-24-20-16-12-8-4)63-83-70(75)57-53-49-45-41-37-27-23-19-15-11-7-3/h25-26,29-34,67-69,74H,5-24,27-28,35-66H2,1-4H3,(H,79,80)(H,81,82)/b29-25-,30-26-,33-31-,34-32-/t67-,68+,69+/m0/s1. The number of ether oxygens (including phenoxy) is 4. The van der Waals surface area contributed by atoms with Crippen molar-refractivity contribution in [2.24, 2.45) is 0 Å². The van der Waals surface area contributed by atoms with E-state index in [4.69, 9.17) is 37.0 Å². The molecule has 0 saturated heterocycles. The van der Waals surface area contributed by atoms with E-state index in [2.05, 4.69) is 76.3 Å². The molecular formula is C73H134O17P2. The maximum absolute atomic E-state index is 13.0. The molecular weight excluding hydrogens is 1210 g/mol. The smallest absolute Gasteiger partial charge is 0.462 e. The zero-order valence-electron chi connectivity index (χ0n) is 58.5. The molecule has 0 aliphatic carbocycles. The summed E-state index contributed by atoms with van der Waals surface area (Å²) in [6.07, 6.45) is 61.1. The molecule has 0 aliphatic heterocycles. The van der Waals surface area contributed by atoms with E-state index in [9.17, 15) is 43.2 Å². The van der Waals surface area contributed by atoms with Crippen LogP contribution in [0.3, 0.4) is 0 Å². The van der Waals surface area contributed by atoms with Crippen molar-refractivity contribution in [2.45, 2.75) is 354 Å². The second-order valence-corrected chi connectivity index (χ2v) is 27.9. The summed E-state index contributed by atoms with van der Waals surface area (Å²) in [5.41, 5.74) is 0. The molecule has 0 fully saturated rings. The number of phosphoric acid groups is 2. The molecule has 2 unspecified atom stereocenters. The van der Waals surface area contributed by atoms with Crippen molar-refractivity contribution in [2.75, 3.05) is 39.6 Å². The molecule has 0 amide bonds. The molecule has 0 aromatic carbocycles. The van der Waals surface area contributed by atoms with E-state index >= 15 is 0 Å². The number of hydrogen-bond acceptors (Lipinski definition) is 15. The molecule has 19 heteroatoms. The summed E-state index contributed by atoms with van der Waals surface area (Å²) in [6, 6.07) is 0. The fraction of sp³-hybridized carbons (Fsp3) is 0.836. The number of carbonyl (C=O) groups is 4. The number of aliphatic hydroxyl groups is 1. The molecule has 0 aliphatic rings. The Hall–Kier alpha value is -2.98. The van der Waals surface area contributed by atoms with Crippen molar-refractivity contribution in [1.82, 2.24) is 0 Å². The summed E-state index contributed by atoms with van der Waals surface area (Å²) in [5.74, 6) is -2.18. The van der Waals surface area contributed by atoms with Crippen LogP contribution in [0.2, 0.25) is 0 Å². The Bertz CT molecular complexity index is 1940. The third kappa shape index (κ3) is 65.7. The summed E-state index contributed by atoms with van der Waals surface area (Å²) in [5, 5.41) is 10.6. The summed E-state index contributed by atoms with van der Waals surface area (Å²) < 4.78 is 68.3. The molecule has 5 atom stereocenters. The van der Waals surface area contributed by atoms with Gasteiger partial charge in [-0.25, -0.2) is 9.13 Å². The number of unbranched alkanes of at least 4 members (excludes halogenated alkanes) is 38. The lowest BCUT2D eigenvalue weighted by Crippen LogP contribution is -2.30. The molecule has 3 N–H and O–H groups in total. The topological polar surface area (TPSA) is 237 Å². The normalized spacial score (nSPS) is 14.3. The van der Waals surface area contributed by atoms with Crippen LogP contribution in [0.1, 0.15) is 336 Å². The number of rotatable bonds is 70. The van der Waals surface area contributed by atoms with E-state index in [1.807, 2.05) is 0 Å². The zero-order chi connectivity index (χ0) is 67.5. The van der Waals surface area contributed by atoms with Gasteiger partial charge in [-0.05, 0) is 77.0 Å². The highest BCUT2D eigenvalue weighted by atomic mass is 31.2. The third-order valence-corrected chi connectivity index (χ3v) is 17.8. The molecule has 92 heavy (non-hydrogen) atoms. The van der Waals surface area contributed by atoms with Gasteiger partial charge in [0.2, 0.25) is 0 Å². The van der Waals surface area contributed by atoms with Crippen molar-refractivity contribution >= 4 is 39.5 Å². The van der Waals surface area contributed by atoms with Gasteiger partial charge in [0.15, 0.2) is 12.2 Å². The van der Waals surface area contributed by atoms with Crippen LogP contribution in [0.25, 0.3) is 0 Å². The SMILES string of the molecule is CCCCCC/C=C\C=C/CCCCCCCC(=O)OC[C@H](COP(=O)(O)OC[C@@H](O)COP(=O)(O)OC[C@@H](COC(=O)CCCCCCCCCCCCC)OC(=O)CCCCCCCCCCCCC)OC(=O)CCCCCCC/C=C\C=C/CCCCCC. The van der Waals surface area contributed by atoms with Gasteiger partial charge in [-0.3, -0.25) is 37.3 Å². The summed E-state index contributed by atoms with van der Waals surface area (Å²) in [6.45, 7) is 4.82. The number of hydrogen-bond donors (Lipinski definition) is 3. The summed E-state index contributed by atoms with van der Waals surface area (Å²) in [4.78, 5) is 72.6. The maximum atomic E-state index is 13.0. The molecule has 538 valence electrons. The van der Waals surface area contributed by atoms with Crippen molar-refractivity contribution < 1.29 is 80.2 Å². The van der Waals surface area contributed by atoms with E-state index in [0.29, 0.717) is 25.7 Å². The molecule has 0 radical (unpaired) electrons. The van der Waals surface area contributed by atoms with Gasteiger partial charge in [0.1, 0.15) is 19.3 Å². The fourth-order valence-electron chi connectivity index (χ4n) is 10.1. The number of phosphoric ester groups is 2. The Labute approximate surface area is 559 Å². The molecule has 0 aromatic rings. The predicted octanol–water partition coefficient (Wildman–Crippen LogP) is 20.6. The minimum absolute atomic E-state index is 0.0785. The van der Waals surface area contributed by atoms with Crippen LogP contribution >= 0.6 is 15.6 Å². The second-order valence-electron chi connectivity index (χ2n) is 25.0. The molecule has 17 nitrogen and oxygen atoms in total. The lowest BCUT2D eigenvalue weighted by atomic mass is 10.1. The molecule has 0 spiro atoms. The van der Waals surface area contributed by atoms with Gasteiger partial charge in [-0.1, -0.05) is 282 Å². The van der Waals surface area contributed by atoms with Crippen molar-refractivity contribution in [3.8, 4) is 0 Å². The second kappa shape index (κ2) is 66.6. The van der Waals surface area contributed by atoms with Crippen LogP contribution in [-0.2, 0) is 65.4 Å². The average Bonchev–Trinajstić information content (AvgIpc) is 2.93. The Balaban J connectivity index is 5.32. The predicted molar refractivity (Wildman–Crippen MR) is 372 cm³/mol. The van der Waals surface area contributed by atoms with Crippen LogP contribution < -0.4 is 0 Å². The first kappa shape index (κ1) is 89.0. The molecule has 0 saturated carbocycles. The van der Waals surface area contributed by atoms with Gasteiger partial charge in [0.25, 0.3) is 0 Å². The average molecular weight is 1350 g/mol. The number of esters is 4. The molecule has 0 heterocycles. The zero-order valence-corrected chi connectivity index (χ0v) is 60.3. The molecule has 0 aromatic heterocycles. The van der Waals surface area contributed by atoms with Crippen LogP contribution in [-0.4, -0.2) is 96.7 Å². The third-order valence-electron chi connectivity index (χ3n) is 15.9. The first-order chi connectivity index (χ1) is 44.7. The largest absolute Gasteiger partial charge is 0.472 e. The summed E-state index contributed by atoms with van der Waals surface area (Å²) in [7, 11) is -9.93. The van der Waals surface area contributed by atoms with E-state index < -0.39 is 97.5 Å². The maximum Gasteiger partial charge on any atom is 0.472 e. The van der Waals surface area contributed by atoms with E-state index in [1.54, 1.807) is 0 Å². The van der Waals surface area contributed by atoms with E-state index in [1.165, 1.54) is 135 Å². The Morgan fingerprint density at radius 3 is 0.793 bits per heavy atom. The first-order valence-corrected chi connectivity index (χ1v) is 39.9. The van der Waals surface area contributed by atoms with Gasteiger partial charge in [0.05, 0.1) is 26.4 Å². The van der Waals surface area contributed by atoms with E-state index in [-0.39, 0.29) is 25.7 Å². The van der Waals surface area contributed by atoms with Gasteiger partial charge < -0.3 is 33.8 Å². The monoisotopic (exact) mass is 1340 g/mol. The number of allylic oxidation sites excluding steroid dienone is 8. The Morgan fingerprint density at radius 2 is 0.522 bits per heavy atom. The van der Waals surface area contributed by atoms with Gasteiger partial charge in [-0.15, -0.1) is 0 Å². The van der Waals surface area contributed by atoms with Gasteiger partial charge >= 0.3 is 39.5 Å². The van der Waals surface area contributed by atoms with Crippen LogP contribution in [0.4, 0.5) is 0 Å². The number of aliphatic hydroxyl groups excluding tert-OH is 1. The van der Waals surface area contributed by atoms with Gasteiger partial charge in [0, 0.05) is 25.7 Å².